The van der Waals surface area contributed by atoms with Gasteiger partial charge in [-0.2, -0.15) is 0 Å². The van der Waals surface area contributed by atoms with E-state index < -0.39 is 72.9 Å². The number of aliphatic hydroxyl groups excluding tert-OH is 1. The number of aliphatic hydroxyl groups is 1. The van der Waals surface area contributed by atoms with Gasteiger partial charge in [0.1, 0.15) is 42.7 Å². The average molecular weight is 766 g/mol. The van der Waals surface area contributed by atoms with Crippen molar-refractivity contribution in [2.75, 3.05) is 6.61 Å². The Kier molecular flexibility index (Phi) is 13.5. The molecule has 6 unspecified atom stereocenters. The molecule has 0 spiro atoms. The van der Waals surface area contributed by atoms with Gasteiger partial charge in [-0.3, -0.25) is 0 Å². The highest BCUT2D eigenvalue weighted by molar-refractivity contribution is 5.17. The monoisotopic (exact) mass is 765 g/mol. The molecule has 3 fully saturated rings. The zero-order chi connectivity index (χ0) is 38.9. The highest BCUT2D eigenvalue weighted by atomic mass is 16.8. The quantitative estimate of drug-likeness (QED) is 0.0708. The van der Waals surface area contributed by atoms with E-state index in [0.29, 0.717) is 13.2 Å². The van der Waals surface area contributed by atoms with Gasteiger partial charge in [-0.1, -0.05) is 133 Å². The van der Waals surface area contributed by atoms with Gasteiger partial charge in [-0.25, -0.2) is 0 Å². The van der Waals surface area contributed by atoms with E-state index in [1.54, 1.807) is 0 Å². The van der Waals surface area contributed by atoms with E-state index in [9.17, 15) is 10.6 Å². The second-order valence-electron chi connectivity index (χ2n) is 15.0. The first-order valence-electron chi connectivity index (χ1n) is 19.3. The number of rotatable bonds is 16. The van der Waals surface area contributed by atoms with Crippen LogP contribution in [0.3, 0.4) is 0 Å². The Morgan fingerprint density at radius 2 is 1.07 bits per heavy atom. The van der Waals surface area contributed by atoms with Crippen molar-refractivity contribution in [3.63, 3.8) is 0 Å². The van der Waals surface area contributed by atoms with Crippen LogP contribution in [0, 0.1) is 5.92 Å². The van der Waals surface area contributed by atoms with E-state index >= 15 is 0 Å². The van der Waals surface area contributed by atoms with E-state index in [0.717, 1.165) is 22.3 Å². The minimum atomic E-state index is -1.10. The molecule has 1 N–H and O–H groups in total. The fourth-order valence-electron chi connectivity index (χ4n) is 7.71. The van der Waals surface area contributed by atoms with Gasteiger partial charge in [-0.15, -0.1) is 0 Å². The van der Waals surface area contributed by atoms with Crippen molar-refractivity contribution in [1.29, 1.82) is 0 Å². The summed E-state index contributed by atoms with van der Waals surface area (Å²) in [5, 5.41) is 15.5. The van der Waals surface area contributed by atoms with Gasteiger partial charge in [0, 0.05) is 4.91 Å². The zero-order valence-electron chi connectivity index (χ0n) is 32.0. The summed E-state index contributed by atoms with van der Waals surface area (Å²) in [5.41, 5.74) is 13.6. The average Bonchev–Trinajstić information content (AvgIpc) is 3.55. The number of benzene rings is 4. The third kappa shape index (κ3) is 9.85. The number of hydrogen-bond acceptors (Lipinski definition) is 10. The zero-order valence-corrected chi connectivity index (χ0v) is 32.0. The number of nitrogens with zero attached hydrogens (tertiary/aromatic N) is 3. The molecule has 56 heavy (non-hydrogen) atoms. The van der Waals surface area contributed by atoms with Crippen LogP contribution in [-0.4, -0.2) is 78.7 Å². The molecule has 3 aliphatic rings. The molecule has 4 aromatic rings. The fraction of sp³-hybridized carbons (Fsp3) is 0.455. The Morgan fingerprint density at radius 1 is 0.643 bits per heavy atom. The lowest BCUT2D eigenvalue weighted by Crippen LogP contribution is -2.67. The maximum Gasteiger partial charge on any atom is 0.167 e. The van der Waals surface area contributed by atoms with Crippen LogP contribution in [0.25, 0.3) is 10.4 Å². The maximum atomic E-state index is 11.4. The molecule has 7 rings (SSSR count). The highest BCUT2D eigenvalue weighted by Crippen LogP contribution is 2.44. The summed E-state index contributed by atoms with van der Waals surface area (Å²) in [6.45, 7) is 6.74. The Balaban J connectivity index is 1.23. The second-order valence-corrected chi connectivity index (χ2v) is 15.0. The number of fused-ring (bicyclic) bond motifs is 1. The molecule has 2 heterocycles. The van der Waals surface area contributed by atoms with Crippen LogP contribution >= 0.6 is 0 Å². The van der Waals surface area contributed by atoms with Crippen molar-refractivity contribution in [2.45, 2.75) is 114 Å². The Morgan fingerprint density at radius 3 is 1.55 bits per heavy atom. The molecule has 0 bridgehead atoms. The molecule has 0 aromatic heterocycles. The number of ether oxygens (including phenoxy) is 8. The van der Waals surface area contributed by atoms with Crippen molar-refractivity contribution in [3.05, 3.63) is 154 Å². The van der Waals surface area contributed by atoms with Crippen LogP contribution in [0.2, 0.25) is 0 Å². The van der Waals surface area contributed by atoms with E-state index in [1.807, 2.05) is 142 Å². The minimum Gasteiger partial charge on any atom is -0.390 e. The largest absolute Gasteiger partial charge is 0.390 e. The fourth-order valence-corrected chi connectivity index (χ4v) is 7.71. The number of hydrogen-bond donors (Lipinski definition) is 1. The van der Waals surface area contributed by atoms with Crippen LogP contribution < -0.4 is 0 Å². The highest BCUT2D eigenvalue weighted by Gasteiger charge is 2.61. The molecule has 12 nitrogen and oxygen atoms in total. The molecule has 1 saturated carbocycles. The summed E-state index contributed by atoms with van der Waals surface area (Å²) in [7, 11) is 0. The minimum absolute atomic E-state index is 0.0821. The molecule has 4 aromatic carbocycles. The van der Waals surface area contributed by atoms with Crippen LogP contribution in [0.15, 0.2) is 126 Å². The third-order valence-electron chi connectivity index (χ3n) is 10.6. The van der Waals surface area contributed by atoms with E-state index in [4.69, 9.17) is 37.9 Å². The van der Waals surface area contributed by atoms with Gasteiger partial charge in [0.2, 0.25) is 0 Å². The summed E-state index contributed by atoms with van der Waals surface area (Å²) >= 11 is 0. The Hall–Kier alpha value is -4.17. The standard InChI is InChI=1S/C44H51N3O9/c1-29-35(46-47-45)43(53-34(36(29)48)28-49-24-30-16-8-4-9-17-30)54-40-38(51-26-32-20-12-6-13-21-32)37(50-25-31-18-10-5-11-19-31)39(41-42(40)56-44(2,3)55-41)52-27-33-22-14-7-15-23-33/h4-23,29,34-43,48H,24-28H2,1-3H3/t29-,34?,35?,36-,37?,38?,39?,40?,41+,42+,43+/m1/s1. The van der Waals surface area contributed by atoms with E-state index in [-0.39, 0.29) is 19.8 Å². The molecule has 296 valence electrons. The van der Waals surface area contributed by atoms with Crippen molar-refractivity contribution in [3.8, 4) is 0 Å². The van der Waals surface area contributed by atoms with Crippen LogP contribution in [0.1, 0.15) is 43.0 Å². The summed E-state index contributed by atoms with van der Waals surface area (Å²) in [6, 6.07) is 38.6. The predicted octanol–water partition coefficient (Wildman–Crippen LogP) is 7.28. The van der Waals surface area contributed by atoms with Crippen molar-refractivity contribution < 1.29 is 43.0 Å². The topological polar surface area (TPSA) is 143 Å². The lowest BCUT2D eigenvalue weighted by Gasteiger charge is -2.49. The molecule has 2 saturated heterocycles. The summed E-state index contributed by atoms with van der Waals surface area (Å²) < 4.78 is 53.3. The molecule has 12 heteroatoms. The van der Waals surface area contributed by atoms with Crippen LogP contribution in [0.4, 0.5) is 0 Å². The first-order chi connectivity index (χ1) is 27.3. The molecule has 0 radical (unpaired) electrons. The van der Waals surface area contributed by atoms with Crippen LogP contribution in [-0.2, 0) is 64.3 Å². The molecule has 1 aliphatic carbocycles. The first-order valence-corrected chi connectivity index (χ1v) is 19.3. The van der Waals surface area contributed by atoms with Gasteiger partial charge in [0.25, 0.3) is 0 Å². The predicted molar refractivity (Wildman–Crippen MR) is 207 cm³/mol. The molecule has 2 aliphatic heterocycles. The normalized spacial score (nSPS) is 31.0. The van der Waals surface area contributed by atoms with Crippen molar-refractivity contribution in [1.82, 2.24) is 0 Å². The van der Waals surface area contributed by atoms with Crippen molar-refractivity contribution >= 4 is 0 Å². The van der Waals surface area contributed by atoms with Gasteiger partial charge in [-0.05, 0) is 47.6 Å². The van der Waals surface area contributed by atoms with Gasteiger partial charge in [0.05, 0.1) is 45.2 Å². The van der Waals surface area contributed by atoms with Gasteiger partial charge >= 0.3 is 0 Å². The summed E-state index contributed by atoms with van der Waals surface area (Å²) in [6.07, 6.45) is -7.26. The lowest BCUT2D eigenvalue weighted by atomic mass is 9.83. The number of azide groups is 1. The van der Waals surface area contributed by atoms with Crippen LogP contribution in [0.5, 0.6) is 0 Å². The Labute approximate surface area is 328 Å². The Bertz CT molecular complexity index is 1830. The summed E-state index contributed by atoms with van der Waals surface area (Å²) in [5.74, 6) is -1.55. The third-order valence-corrected chi connectivity index (χ3v) is 10.6. The first kappa shape index (κ1) is 40.0. The summed E-state index contributed by atoms with van der Waals surface area (Å²) in [4.78, 5) is 3.13. The molecular formula is C44H51N3O9. The van der Waals surface area contributed by atoms with E-state index in [2.05, 4.69) is 10.0 Å². The van der Waals surface area contributed by atoms with Gasteiger partial charge < -0.3 is 43.0 Å². The molecular weight excluding hydrogens is 714 g/mol. The van der Waals surface area contributed by atoms with Gasteiger partial charge in [0.15, 0.2) is 12.1 Å². The second kappa shape index (κ2) is 18.8. The maximum absolute atomic E-state index is 11.4. The SMILES string of the molecule is C[C@@H]1C(N=[N+]=[N-])[C@H](OC2C(OCc3ccccc3)C(OCc3ccccc3)C(OCc3ccccc3)[C@@H]3OC(C)(C)O[C@@H]23)OC(COCc2ccccc2)[C@@H]1O. The van der Waals surface area contributed by atoms with Crippen molar-refractivity contribution in [2.24, 2.45) is 11.0 Å². The molecule has 11 atom stereocenters. The van der Waals surface area contributed by atoms with E-state index in [1.165, 1.54) is 0 Å². The lowest BCUT2D eigenvalue weighted by molar-refractivity contribution is -0.315. The molecule has 0 amide bonds. The smallest absolute Gasteiger partial charge is 0.167 e.